The zero-order valence-corrected chi connectivity index (χ0v) is 13.7. The van der Waals surface area contributed by atoms with E-state index in [0.29, 0.717) is 29.1 Å². The van der Waals surface area contributed by atoms with Crippen LogP contribution in [0.25, 0.3) is 17.0 Å². The van der Waals surface area contributed by atoms with Gasteiger partial charge >= 0.3 is 0 Å². The van der Waals surface area contributed by atoms with Gasteiger partial charge in [0.2, 0.25) is 15.8 Å². The van der Waals surface area contributed by atoms with Crippen LogP contribution in [-0.4, -0.2) is 50.6 Å². The molecule has 0 radical (unpaired) electrons. The predicted octanol–water partition coefficient (Wildman–Crippen LogP) is 0.0176. The molecule has 2 heterocycles. The molecule has 1 aromatic heterocycles. The Balaban J connectivity index is 2.25. The first-order chi connectivity index (χ1) is 10.8. The summed E-state index contributed by atoms with van der Waals surface area (Å²) < 4.78 is 35.8. The summed E-state index contributed by atoms with van der Waals surface area (Å²) in [6.45, 7) is 0. The van der Waals surface area contributed by atoms with Gasteiger partial charge in [0, 0.05) is 11.5 Å². The van der Waals surface area contributed by atoms with Gasteiger partial charge in [-0.2, -0.15) is 5.21 Å². The first-order valence-electron chi connectivity index (χ1n) is 6.69. The van der Waals surface area contributed by atoms with Crippen LogP contribution in [0.4, 0.5) is 0 Å². The largest absolute Gasteiger partial charge is 0.268 e. The Morgan fingerprint density at radius 3 is 2.70 bits per heavy atom. The highest BCUT2D eigenvalue weighted by molar-refractivity contribution is 8.00. The van der Waals surface area contributed by atoms with Crippen LogP contribution < -0.4 is 5.14 Å². The van der Waals surface area contributed by atoms with Gasteiger partial charge in [0.25, 0.3) is 0 Å². The highest BCUT2D eigenvalue weighted by atomic mass is 32.2. The number of H-pyrrole nitrogens is 1. The van der Waals surface area contributed by atoms with Crippen molar-refractivity contribution in [1.82, 2.24) is 20.6 Å². The lowest BCUT2D eigenvalue weighted by Crippen LogP contribution is -2.17. The van der Waals surface area contributed by atoms with E-state index in [4.69, 9.17) is 5.14 Å². The quantitative estimate of drug-likeness (QED) is 0.748. The topological polar surface area (TPSA) is 132 Å². The lowest BCUT2D eigenvalue weighted by molar-refractivity contribution is 0.598. The SMILES string of the molecule is C=S1(=O)CC=C(c2cccc(S(N)(=O)=O)c2-c2nn[nH]n2)CC1. The molecule has 1 atom stereocenters. The van der Waals surface area contributed by atoms with E-state index in [-0.39, 0.29) is 10.7 Å². The van der Waals surface area contributed by atoms with Crippen molar-refractivity contribution < 1.29 is 12.6 Å². The van der Waals surface area contributed by atoms with E-state index in [2.05, 4.69) is 26.5 Å². The Bertz CT molecular complexity index is 977. The van der Waals surface area contributed by atoms with E-state index in [1.54, 1.807) is 12.1 Å². The van der Waals surface area contributed by atoms with Crippen molar-refractivity contribution in [2.45, 2.75) is 11.3 Å². The zero-order chi connectivity index (χ0) is 16.7. The fraction of sp³-hybridized carbons (Fsp3) is 0.231. The summed E-state index contributed by atoms with van der Waals surface area (Å²) in [5.74, 6) is 4.66. The molecule has 0 saturated heterocycles. The number of nitrogens with one attached hydrogen (secondary N) is 1. The first-order valence-corrected chi connectivity index (χ1v) is 10.3. The summed E-state index contributed by atoms with van der Waals surface area (Å²) in [6.07, 6.45) is 2.35. The van der Waals surface area contributed by atoms with Crippen LogP contribution in [0.1, 0.15) is 12.0 Å². The Morgan fingerprint density at radius 2 is 2.13 bits per heavy atom. The molecule has 8 nitrogen and oxygen atoms in total. The minimum Gasteiger partial charge on any atom is -0.268 e. The minimum atomic E-state index is -3.96. The van der Waals surface area contributed by atoms with Crippen LogP contribution in [0, 0.1) is 0 Å². The maximum absolute atomic E-state index is 12.0. The second kappa shape index (κ2) is 5.55. The summed E-state index contributed by atoms with van der Waals surface area (Å²) in [5.41, 5.74) is 1.82. The van der Waals surface area contributed by atoms with Gasteiger partial charge in [-0.25, -0.2) is 13.6 Å². The standard InChI is InChI=1S/C13H15N5O3S2/c1-22(19)7-5-9(6-8-22)10-3-2-4-11(23(14,20)21)12(10)13-15-17-18-16-13/h2-5H,1,6-8H2,(H2,14,20,21)(H,15,16,17,18). The molecule has 2 aromatic rings. The van der Waals surface area contributed by atoms with Gasteiger partial charge in [0.15, 0.2) is 0 Å². The number of hydrogen-bond acceptors (Lipinski definition) is 6. The van der Waals surface area contributed by atoms with Crippen molar-refractivity contribution in [2.24, 2.45) is 5.14 Å². The summed E-state index contributed by atoms with van der Waals surface area (Å²) in [6, 6.07) is 4.77. The smallest absolute Gasteiger partial charge is 0.238 e. The number of sulfonamides is 1. The summed E-state index contributed by atoms with van der Waals surface area (Å²) >= 11 is 0. The molecule has 23 heavy (non-hydrogen) atoms. The molecule has 0 amide bonds. The molecular weight excluding hydrogens is 338 g/mol. The third kappa shape index (κ3) is 3.19. The number of nitrogens with two attached hydrogens (primary N) is 1. The third-order valence-corrected chi connectivity index (χ3v) is 6.30. The monoisotopic (exact) mass is 353 g/mol. The van der Waals surface area contributed by atoms with Crippen LogP contribution in [-0.2, 0) is 19.5 Å². The number of benzene rings is 1. The number of aromatic nitrogens is 4. The number of primary sulfonamides is 1. The fourth-order valence-corrected chi connectivity index (χ4v) is 4.53. The number of hydrogen-bond donors (Lipinski definition) is 2. The van der Waals surface area contributed by atoms with Gasteiger partial charge in [-0.3, -0.25) is 4.21 Å². The van der Waals surface area contributed by atoms with E-state index in [1.165, 1.54) is 6.07 Å². The third-order valence-electron chi connectivity index (χ3n) is 3.62. The van der Waals surface area contributed by atoms with Gasteiger partial charge in [-0.05, 0) is 44.2 Å². The Morgan fingerprint density at radius 1 is 1.35 bits per heavy atom. The van der Waals surface area contributed by atoms with Gasteiger partial charge in [0.1, 0.15) is 0 Å². The van der Waals surface area contributed by atoms with Gasteiger partial charge in [-0.1, -0.05) is 18.2 Å². The number of nitrogens with zero attached hydrogens (tertiary/aromatic N) is 3. The fourth-order valence-electron chi connectivity index (χ4n) is 2.51. The molecule has 1 aliphatic heterocycles. The van der Waals surface area contributed by atoms with E-state index in [1.807, 2.05) is 6.08 Å². The Hall–Kier alpha value is -2.04. The molecule has 1 aromatic carbocycles. The normalized spacial score (nSPS) is 21.9. The lowest BCUT2D eigenvalue weighted by Gasteiger charge is -2.19. The molecule has 0 aliphatic carbocycles. The minimum absolute atomic E-state index is 0.0711. The molecule has 1 unspecified atom stereocenters. The maximum atomic E-state index is 12.0. The highest BCUT2D eigenvalue weighted by Gasteiger charge is 2.24. The lowest BCUT2D eigenvalue weighted by atomic mass is 9.97. The number of tetrazole rings is 1. The van der Waals surface area contributed by atoms with E-state index >= 15 is 0 Å². The van der Waals surface area contributed by atoms with Crippen LogP contribution in [0.3, 0.4) is 0 Å². The molecule has 0 fully saturated rings. The molecule has 1 aliphatic rings. The number of rotatable bonds is 3. The molecule has 10 heteroatoms. The molecule has 0 bridgehead atoms. The Labute approximate surface area is 133 Å². The van der Waals surface area contributed by atoms with Crippen LogP contribution >= 0.6 is 0 Å². The van der Waals surface area contributed by atoms with Crippen LogP contribution in [0.2, 0.25) is 0 Å². The molecule has 0 saturated carbocycles. The first kappa shape index (κ1) is 15.8. The predicted molar refractivity (Wildman–Crippen MR) is 88.6 cm³/mol. The second-order valence-corrected chi connectivity index (χ2v) is 9.48. The van der Waals surface area contributed by atoms with E-state index in [9.17, 15) is 12.6 Å². The average molecular weight is 353 g/mol. The van der Waals surface area contributed by atoms with E-state index in [0.717, 1.165) is 5.57 Å². The molecule has 3 rings (SSSR count). The van der Waals surface area contributed by atoms with Crippen molar-refractivity contribution in [3.05, 3.63) is 29.8 Å². The van der Waals surface area contributed by atoms with Crippen molar-refractivity contribution in [1.29, 1.82) is 0 Å². The Kier molecular flexibility index (Phi) is 3.82. The maximum Gasteiger partial charge on any atom is 0.238 e. The van der Waals surface area contributed by atoms with Gasteiger partial charge in [0.05, 0.1) is 10.5 Å². The van der Waals surface area contributed by atoms with E-state index < -0.39 is 19.5 Å². The average Bonchev–Trinajstić information content (AvgIpc) is 2.99. The van der Waals surface area contributed by atoms with Crippen molar-refractivity contribution in [3.63, 3.8) is 0 Å². The van der Waals surface area contributed by atoms with Crippen molar-refractivity contribution >= 4 is 31.0 Å². The van der Waals surface area contributed by atoms with Gasteiger partial charge in [-0.15, -0.1) is 10.2 Å². The summed E-state index contributed by atoms with van der Waals surface area (Å²) in [4.78, 5) is -0.0711. The van der Waals surface area contributed by atoms with Crippen LogP contribution in [0.15, 0.2) is 29.2 Å². The van der Waals surface area contributed by atoms with Crippen molar-refractivity contribution in [2.75, 3.05) is 11.5 Å². The summed E-state index contributed by atoms with van der Waals surface area (Å²) in [5, 5.41) is 18.9. The van der Waals surface area contributed by atoms with Gasteiger partial charge < -0.3 is 0 Å². The molecule has 122 valence electrons. The van der Waals surface area contributed by atoms with Crippen LogP contribution in [0.5, 0.6) is 0 Å². The summed E-state index contributed by atoms with van der Waals surface area (Å²) in [7, 11) is -6.06. The molecule has 0 spiro atoms. The molecule has 3 N–H and O–H groups in total. The zero-order valence-electron chi connectivity index (χ0n) is 12.1. The van der Waals surface area contributed by atoms with Crippen molar-refractivity contribution in [3.8, 4) is 11.4 Å². The highest BCUT2D eigenvalue weighted by Crippen LogP contribution is 2.34. The molecular formula is C13H15N5O3S2. The second-order valence-electron chi connectivity index (χ2n) is 5.28. The number of allylic oxidation sites excluding steroid dienone is 1. The number of aromatic amines is 1.